The van der Waals surface area contributed by atoms with Crippen molar-refractivity contribution in [1.29, 1.82) is 5.41 Å². The number of rotatable bonds is 3. The molecule has 0 spiro atoms. The molecule has 3 aromatic rings. The fourth-order valence-corrected chi connectivity index (χ4v) is 4.09. The summed E-state index contributed by atoms with van der Waals surface area (Å²) in [6.07, 6.45) is 1.45. The van der Waals surface area contributed by atoms with Gasteiger partial charge in [0.1, 0.15) is 5.75 Å². The molecule has 2 aromatic carbocycles. The van der Waals surface area contributed by atoms with E-state index in [9.17, 15) is 9.59 Å². The maximum absolute atomic E-state index is 13.6. The van der Waals surface area contributed by atoms with Crippen molar-refractivity contribution in [3.05, 3.63) is 71.2 Å². The van der Waals surface area contributed by atoms with Crippen molar-refractivity contribution in [3.8, 4) is 17.6 Å². The number of benzene rings is 2. The van der Waals surface area contributed by atoms with Gasteiger partial charge in [0.05, 0.1) is 23.5 Å². The van der Waals surface area contributed by atoms with Crippen LogP contribution in [-0.2, 0) is 0 Å². The maximum Gasteiger partial charge on any atom is 0.328 e. The number of nitrogens with one attached hydrogen (secondary N) is 1. The first kappa shape index (κ1) is 23.3. The lowest BCUT2D eigenvalue weighted by molar-refractivity contribution is 0.105. The minimum absolute atomic E-state index is 0.0405. The van der Waals surface area contributed by atoms with Gasteiger partial charge >= 0.3 is 6.03 Å². The van der Waals surface area contributed by atoms with Crippen LogP contribution in [0.3, 0.4) is 0 Å². The number of carbonyl (C=O) groups is 2. The van der Waals surface area contributed by atoms with E-state index < -0.39 is 5.78 Å². The second-order valence-electron chi connectivity index (χ2n) is 8.52. The highest BCUT2D eigenvalue weighted by Gasteiger charge is 2.25. The average Bonchev–Trinajstić information content (AvgIpc) is 2.87. The summed E-state index contributed by atoms with van der Waals surface area (Å²) >= 11 is 0. The molecule has 1 amide bonds. The van der Waals surface area contributed by atoms with Crippen molar-refractivity contribution in [1.82, 2.24) is 14.4 Å². The van der Waals surface area contributed by atoms with Crippen LogP contribution in [0.1, 0.15) is 29.8 Å². The Hall–Kier alpha value is -3.89. The molecule has 1 aromatic heterocycles. The summed E-state index contributed by atoms with van der Waals surface area (Å²) in [5.74, 6) is 5.55. The Bertz CT molecular complexity index is 1340. The molecular formula is C27H28N4O3. The summed E-state index contributed by atoms with van der Waals surface area (Å²) in [7, 11) is 1.55. The Morgan fingerprint density at radius 2 is 1.74 bits per heavy atom. The van der Waals surface area contributed by atoms with Gasteiger partial charge in [-0.25, -0.2) is 4.79 Å². The van der Waals surface area contributed by atoms with Crippen molar-refractivity contribution in [3.63, 3.8) is 0 Å². The van der Waals surface area contributed by atoms with E-state index in [-0.39, 0.29) is 17.0 Å². The van der Waals surface area contributed by atoms with Gasteiger partial charge in [-0.3, -0.25) is 19.7 Å². The third-order valence-corrected chi connectivity index (χ3v) is 6.12. The number of amides is 1. The summed E-state index contributed by atoms with van der Waals surface area (Å²) in [5.41, 5.74) is 1.32. The second kappa shape index (κ2) is 9.94. The highest BCUT2D eigenvalue weighted by atomic mass is 16.5. The van der Waals surface area contributed by atoms with E-state index in [0.29, 0.717) is 41.3 Å². The van der Waals surface area contributed by atoms with Crippen molar-refractivity contribution in [2.75, 3.05) is 33.3 Å². The highest BCUT2D eigenvalue weighted by Crippen LogP contribution is 2.21. The van der Waals surface area contributed by atoms with Gasteiger partial charge in [0.15, 0.2) is 0 Å². The van der Waals surface area contributed by atoms with Gasteiger partial charge in [0.2, 0.25) is 5.78 Å². The Labute approximate surface area is 199 Å². The van der Waals surface area contributed by atoms with Gasteiger partial charge in [-0.1, -0.05) is 24.1 Å². The fraction of sp³-hybridized carbons (Fsp3) is 0.296. The Balaban J connectivity index is 1.76. The standard InChI is InChI=1S/C27H28N4O3/c1-19(2)29-13-15-30(16-14-29)27(33)31-18-23(25(32)12-9-20-7-5-4-6-8-20)26(28)22-11-10-21(34-3)17-24(22)31/h4-8,10-11,17-19,28H,13-16H2,1-3H3. The number of fused-ring (bicyclic) bond motifs is 1. The van der Waals surface area contributed by atoms with E-state index in [4.69, 9.17) is 10.1 Å². The van der Waals surface area contributed by atoms with Crippen LogP contribution in [0.4, 0.5) is 4.79 Å². The number of nitrogens with zero attached hydrogens (tertiary/aromatic N) is 3. The van der Waals surface area contributed by atoms with Crippen LogP contribution < -0.4 is 10.1 Å². The SMILES string of the molecule is COc1ccc2c(=N)c(C(=O)C#Cc3ccccc3)cn(C(=O)N3CCN(C(C)C)CC3)c2c1. The number of piperazine rings is 1. The smallest absolute Gasteiger partial charge is 0.328 e. The van der Waals surface area contributed by atoms with E-state index in [1.807, 2.05) is 30.3 Å². The highest BCUT2D eigenvalue weighted by molar-refractivity contribution is 6.11. The first-order valence-electron chi connectivity index (χ1n) is 11.3. The lowest BCUT2D eigenvalue weighted by Crippen LogP contribution is -2.51. The number of methoxy groups -OCH3 is 1. The molecule has 0 aliphatic carbocycles. The van der Waals surface area contributed by atoms with Gasteiger partial charge in [0, 0.05) is 55.4 Å². The number of carbonyl (C=O) groups excluding carboxylic acids is 2. The molecule has 174 valence electrons. The third-order valence-electron chi connectivity index (χ3n) is 6.12. The third kappa shape index (κ3) is 4.73. The van der Waals surface area contributed by atoms with Crippen LogP contribution in [0.25, 0.3) is 10.9 Å². The maximum atomic E-state index is 13.6. The molecule has 2 heterocycles. The largest absolute Gasteiger partial charge is 0.497 e. The minimum Gasteiger partial charge on any atom is -0.497 e. The average molecular weight is 457 g/mol. The van der Waals surface area contributed by atoms with Crippen molar-refractivity contribution >= 4 is 22.7 Å². The number of ketones is 1. The van der Waals surface area contributed by atoms with Gasteiger partial charge in [-0.15, -0.1) is 0 Å². The molecule has 0 saturated carbocycles. The molecule has 1 N–H and O–H groups in total. The summed E-state index contributed by atoms with van der Waals surface area (Å²) < 4.78 is 6.81. The zero-order valence-corrected chi connectivity index (χ0v) is 19.7. The topological polar surface area (TPSA) is 78.6 Å². The zero-order chi connectivity index (χ0) is 24.2. The molecule has 1 aliphatic heterocycles. The molecule has 7 nitrogen and oxygen atoms in total. The predicted molar refractivity (Wildman–Crippen MR) is 131 cm³/mol. The quantitative estimate of drug-likeness (QED) is 0.484. The molecule has 0 radical (unpaired) electrons. The number of pyridine rings is 1. The van der Waals surface area contributed by atoms with E-state index in [0.717, 1.165) is 13.1 Å². The summed E-state index contributed by atoms with van der Waals surface area (Å²) in [4.78, 5) is 30.7. The molecule has 1 fully saturated rings. The fourth-order valence-electron chi connectivity index (χ4n) is 4.09. The first-order chi connectivity index (χ1) is 16.4. The van der Waals surface area contributed by atoms with Crippen molar-refractivity contribution in [2.24, 2.45) is 0 Å². The lowest BCUT2D eigenvalue weighted by atomic mass is 10.1. The van der Waals surface area contributed by atoms with E-state index in [1.54, 1.807) is 30.2 Å². The van der Waals surface area contributed by atoms with Crippen LogP contribution in [0.5, 0.6) is 5.75 Å². The Morgan fingerprint density at radius 1 is 1.03 bits per heavy atom. The van der Waals surface area contributed by atoms with Gasteiger partial charge in [-0.2, -0.15) is 0 Å². The molecule has 0 bridgehead atoms. The molecule has 34 heavy (non-hydrogen) atoms. The molecule has 0 unspecified atom stereocenters. The summed E-state index contributed by atoms with van der Waals surface area (Å²) in [6.45, 7) is 7.05. The van der Waals surface area contributed by atoms with Crippen LogP contribution in [0.15, 0.2) is 54.7 Å². The molecule has 7 heteroatoms. The second-order valence-corrected chi connectivity index (χ2v) is 8.52. The summed E-state index contributed by atoms with van der Waals surface area (Å²) in [5, 5.41) is 9.19. The first-order valence-corrected chi connectivity index (χ1v) is 11.3. The van der Waals surface area contributed by atoms with E-state index in [2.05, 4.69) is 30.6 Å². The zero-order valence-electron chi connectivity index (χ0n) is 19.7. The van der Waals surface area contributed by atoms with Crippen LogP contribution >= 0.6 is 0 Å². The van der Waals surface area contributed by atoms with Crippen LogP contribution in [-0.4, -0.2) is 65.5 Å². The molecule has 1 aliphatic rings. The minimum atomic E-state index is -0.502. The lowest BCUT2D eigenvalue weighted by Gasteiger charge is -2.37. The normalized spacial score (nSPS) is 14.1. The monoisotopic (exact) mass is 456 g/mol. The number of aromatic nitrogens is 1. The van der Waals surface area contributed by atoms with E-state index in [1.165, 1.54) is 10.8 Å². The van der Waals surface area contributed by atoms with Gasteiger partial charge in [-0.05, 0) is 44.0 Å². The van der Waals surface area contributed by atoms with Gasteiger partial charge < -0.3 is 9.64 Å². The Morgan fingerprint density at radius 3 is 2.38 bits per heavy atom. The van der Waals surface area contributed by atoms with Crippen LogP contribution in [0, 0.1) is 17.3 Å². The molecular weight excluding hydrogens is 428 g/mol. The molecule has 1 saturated heterocycles. The van der Waals surface area contributed by atoms with Crippen molar-refractivity contribution in [2.45, 2.75) is 19.9 Å². The molecule has 0 atom stereocenters. The Kier molecular flexibility index (Phi) is 6.80. The van der Waals surface area contributed by atoms with Crippen molar-refractivity contribution < 1.29 is 14.3 Å². The summed E-state index contributed by atoms with van der Waals surface area (Å²) in [6, 6.07) is 14.5. The predicted octanol–water partition coefficient (Wildman–Crippen LogP) is 3.36. The number of ether oxygens (including phenoxy) is 1. The van der Waals surface area contributed by atoms with Gasteiger partial charge in [0.25, 0.3) is 0 Å². The van der Waals surface area contributed by atoms with Crippen LogP contribution in [0.2, 0.25) is 0 Å². The molecule has 4 rings (SSSR count). The number of Topliss-reactive ketones (excluding diaryl/α,β-unsaturated/α-hetero) is 1. The number of hydrogen-bond acceptors (Lipinski definition) is 5. The van der Waals surface area contributed by atoms with E-state index >= 15 is 0 Å². The number of hydrogen-bond donors (Lipinski definition) is 1.